The molecule has 3 rings (SSSR count). The summed E-state index contributed by atoms with van der Waals surface area (Å²) in [6, 6.07) is 21.8. The van der Waals surface area contributed by atoms with E-state index in [-0.39, 0.29) is 11.9 Å². The normalized spacial score (nSPS) is 10.7. The monoisotopic (exact) mass is 389 g/mol. The van der Waals surface area contributed by atoms with Crippen molar-refractivity contribution < 1.29 is 9.53 Å². The summed E-state index contributed by atoms with van der Waals surface area (Å²) in [5.74, 6) is 0.445. The number of benzene rings is 2. The highest BCUT2D eigenvalue weighted by Gasteiger charge is 2.13. The number of pyridine rings is 1. The molecular weight excluding hydrogens is 362 g/mol. The fourth-order valence-corrected chi connectivity index (χ4v) is 2.97. The molecule has 0 aliphatic carbocycles. The summed E-state index contributed by atoms with van der Waals surface area (Å²) in [5, 5.41) is 6.22. The van der Waals surface area contributed by atoms with Crippen LogP contribution < -0.4 is 10.6 Å². The molecule has 0 unspecified atom stereocenters. The Bertz CT molecular complexity index is 926. The Morgan fingerprint density at radius 3 is 2.41 bits per heavy atom. The molecule has 0 spiro atoms. The van der Waals surface area contributed by atoms with Gasteiger partial charge in [-0.1, -0.05) is 54.6 Å². The molecule has 1 heterocycles. The largest absolute Gasteiger partial charge is 0.372 e. The van der Waals surface area contributed by atoms with Crippen molar-refractivity contribution >= 4 is 11.7 Å². The van der Waals surface area contributed by atoms with E-state index in [9.17, 15) is 4.79 Å². The van der Waals surface area contributed by atoms with Crippen LogP contribution in [0.1, 0.15) is 40.9 Å². The maximum absolute atomic E-state index is 12.7. The molecular formula is C24H27N3O2. The summed E-state index contributed by atoms with van der Waals surface area (Å²) < 4.78 is 5.87. The molecule has 3 aromatic rings. The minimum absolute atomic E-state index is 0.152. The van der Waals surface area contributed by atoms with Gasteiger partial charge in [-0.25, -0.2) is 4.98 Å². The average molecular weight is 389 g/mol. The summed E-state index contributed by atoms with van der Waals surface area (Å²) in [6.07, 6.45) is 1.68. The zero-order chi connectivity index (χ0) is 20.5. The van der Waals surface area contributed by atoms with Crippen LogP contribution in [0.3, 0.4) is 0 Å². The Hall–Kier alpha value is -3.18. The molecule has 1 aromatic heterocycles. The van der Waals surface area contributed by atoms with E-state index in [4.69, 9.17) is 4.74 Å². The Morgan fingerprint density at radius 1 is 0.931 bits per heavy atom. The van der Waals surface area contributed by atoms with E-state index in [2.05, 4.69) is 15.6 Å². The zero-order valence-electron chi connectivity index (χ0n) is 16.9. The fourth-order valence-electron chi connectivity index (χ4n) is 2.97. The number of anilines is 1. The van der Waals surface area contributed by atoms with Crippen LogP contribution in [0.2, 0.25) is 0 Å². The Morgan fingerprint density at radius 2 is 1.66 bits per heavy atom. The molecule has 29 heavy (non-hydrogen) atoms. The third-order valence-corrected chi connectivity index (χ3v) is 4.40. The highest BCUT2D eigenvalue weighted by molar-refractivity contribution is 5.98. The van der Waals surface area contributed by atoms with Crippen LogP contribution in [0.4, 0.5) is 5.82 Å². The molecule has 150 valence electrons. The first-order valence-corrected chi connectivity index (χ1v) is 9.81. The van der Waals surface area contributed by atoms with E-state index in [1.807, 2.05) is 68.4 Å². The van der Waals surface area contributed by atoms with Crippen molar-refractivity contribution in [1.82, 2.24) is 10.3 Å². The SMILES string of the molecule is CC(C)Nc1ncccc1C(=O)NCc1ccccc1COCc1ccccc1. The highest BCUT2D eigenvalue weighted by Crippen LogP contribution is 2.15. The number of hydrogen-bond donors (Lipinski definition) is 2. The van der Waals surface area contributed by atoms with E-state index in [0.29, 0.717) is 31.1 Å². The highest BCUT2D eigenvalue weighted by atomic mass is 16.5. The maximum Gasteiger partial charge on any atom is 0.255 e. The Kier molecular flexibility index (Phi) is 7.36. The lowest BCUT2D eigenvalue weighted by Crippen LogP contribution is -2.25. The third-order valence-electron chi connectivity index (χ3n) is 4.40. The second kappa shape index (κ2) is 10.4. The van der Waals surface area contributed by atoms with E-state index in [1.54, 1.807) is 18.3 Å². The predicted octanol–water partition coefficient (Wildman–Crippen LogP) is 4.55. The third kappa shape index (κ3) is 6.16. The van der Waals surface area contributed by atoms with Crippen LogP contribution in [-0.2, 0) is 24.5 Å². The average Bonchev–Trinajstić information content (AvgIpc) is 2.73. The van der Waals surface area contributed by atoms with Crippen molar-refractivity contribution in [2.24, 2.45) is 0 Å². The van der Waals surface area contributed by atoms with Gasteiger partial charge in [-0.3, -0.25) is 4.79 Å². The quantitative estimate of drug-likeness (QED) is 0.564. The van der Waals surface area contributed by atoms with Crippen LogP contribution in [-0.4, -0.2) is 16.9 Å². The second-order valence-corrected chi connectivity index (χ2v) is 7.13. The van der Waals surface area contributed by atoms with E-state index in [0.717, 1.165) is 16.7 Å². The molecule has 1 amide bonds. The summed E-state index contributed by atoms with van der Waals surface area (Å²) in [7, 11) is 0. The van der Waals surface area contributed by atoms with E-state index < -0.39 is 0 Å². The van der Waals surface area contributed by atoms with E-state index in [1.165, 1.54) is 0 Å². The molecule has 0 atom stereocenters. The van der Waals surface area contributed by atoms with Crippen molar-refractivity contribution in [3.05, 3.63) is 95.2 Å². The lowest BCUT2D eigenvalue weighted by Gasteiger charge is -2.14. The standard InChI is InChI=1S/C24H27N3O2/c1-18(2)27-23-22(13-8-14-25-23)24(28)26-15-20-11-6-7-12-21(20)17-29-16-19-9-4-3-5-10-19/h3-14,18H,15-17H2,1-2H3,(H,25,27)(H,26,28). The Labute approximate surface area is 172 Å². The molecule has 0 bridgehead atoms. The molecule has 0 aliphatic rings. The van der Waals surface area contributed by atoms with Crippen LogP contribution in [0, 0.1) is 0 Å². The van der Waals surface area contributed by atoms with Gasteiger partial charge in [0, 0.05) is 18.8 Å². The van der Waals surface area contributed by atoms with Gasteiger partial charge >= 0.3 is 0 Å². The van der Waals surface area contributed by atoms with Gasteiger partial charge in [0.1, 0.15) is 5.82 Å². The number of rotatable bonds is 9. The summed E-state index contributed by atoms with van der Waals surface area (Å²) >= 11 is 0. The topological polar surface area (TPSA) is 63.2 Å². The zero-order valence-corrected chi connectivity index (χ0v) is 16.9. The van der Waals surface area contributed by atoms with Crippen molar-refractivity contribution in [2.75, 3.05) is 5.32 Å². The van der Waals surface area contributed by atoms with Gasteiger partial charge in [-0.05, 0) is 42.7 Å². The molecule has 0 radical (unpaired) electrons. The molecule has 0 fully saturated rings. The maximum atomic E-state index is 12.7. The van der Waals surface area contributed by atoms with Crippen LogP contribution in [0.5, 0.6) is 0 Å². The number of aromatic nitrogens is 1. The van der Waals surface area contributed by atoms with Crippen molar-refractivity contribution in [2.45, 2.75) is 39.6 Å². The lowest BCUT2D eigenvalue weighted by molar-refractivity contribution is 0.0948. The van der Waals surface area contributed by atoms with Gasteiger partial charge in [-0.15, -0.1) is 0 Å². The van der Waals surface area contributed by atoms with Crippen molar-refractivity contribution in [1.29, 1.82) is 0 Å². The van der Waals surface area contributed by atoms with Gasteiger partial charge < -0.3 is 15.4 Å². The number of nitrogens with zero attached hydrogens (tertiary/aromatic N) is 1. The number of nitrogens with one attached hydrogen (secondary N) is 2. The van der Waals surface area contributed by atoms with Gasteiger partial charge in [0.05, 0.1) is 18.8 Å². The predicted molar refractivity (Wildman–Crippen MR) is 116 cm³/mol. The number of amides is 1. The lowest BCUT2D eigenvalue weighted by atomic mass is 10.1. The summed E-state index contributed by atoms with van der Waals surface area (Å²) in [5.41, 5.74) is 3.78. The molecule has 2 aromatic carbocycles. The number of carbonyl (C=O) groups excluding carboxylic acids is 1. The molecule has 0 aliphatic heterocycles. The first kappa shape index (κ1) is 20.6. The minimum Gasteiger partial charge on any atom is -0.372 e. The van der Waals surface area contributed by atoms with Crippen LogP contribution in [0.25, 0.3) is 0 Å². The summed E-state index contributed by atoms with van der Waals surface area (Å²) in [6.45, 7) is 5.51. The number of carbonyl (C=O) groups is 1. The molecule has 0 saturated heterocycles. The number of hydrogen-bond acceptors (Lipinski definition) is 4. The van der Waals surface area contributed by atoms with E-state index >= 15 is 0 Å². The molecule has 5 heteroatoms. The summed E-state index contributed by atoms with van der Waals surface area (Å²) in [4.78, 5) is 17.0. The first-order chi connectivity index (χ1) is 14.1. The molecule has 2 N–H and O–H groups in total. The van der Waals surface area contributed by atoms with Crippen molar-refractivity contribution in [3.63, 3.8) is 0 Å². The smallest absolute Gasteiger partial charge is 0.255 e. The fraction of sp³-hybridized carbons (Fsp3) is 0.250. The Balaban J connectivity index is 1.60. The molecule has 0 saturated carbocycles. The van der Waals surface area contributed by atoms with Crippen molar-refractivity contribution in [3.8, 4) is 0 Å². The number of ether oxygens (including phenoxy) is 1. The van der Waals surface area contributed by atoms with Gasteiger partial charge in [0.25, 0.3) is 5.91 Å². The van der Waals surface area contributed by atoms with Gasteiger partial charge in [0.2, 0.25) is 0 Å². The van der Waals surface area contributed by atoms with Crippen LogP contribution in [0.15, 0.2) is 72.9 Å². The first-order valence-electron chi connectivity index (χ1n) is 9.81. The minimum atomic E-state index is -0.152. The second-order valence-electron chi connectivity index (χ2n) is 7.13. The van der Waals surface area contributed by atoms with Crippen LogP contribution >= 0.6 is 0 Å². The van der Waals surface area contributed by atoms with Gasteiger partial charge in [-0.2, -0.15) is 0 Å². The van der Waals surface area contributed by atoms with Gasteiger partial charge in [0.15, 0.2) is 0 Å². The molecule has 5 nitrogen and oxygen atoms in total.